The molecule has 4 rings (SSSR count). The van der Waals surface area contributed by atoms with Gasteiger partial charge in [0.1, 0.15) is 4.88 Å². The molecule has 1 aromatic carbocycles. The van der Waals surface area contributed by atoms with Gasteiger partial charge in [-0.05, 0) is 43.3 Å². The van der Waals surface area contributed by atoms with Crippen LogP contribution in [-0.4, -0.2) is 28.5 Å². The van der Waals surface area contributed by atoms with Crippen LogP contribution < -0.4 is 5.32 Å². The van der Waals surface area contributed by atoms with E-state index in [4.69, 9.17) is 4.74 Å². The molecule has 0 radical (unpaired) electrons. The smallest absolute Gasteiger partial charge is 0.348 e. The number of rotatable bonds is 5. The molecule has 29 heavy (non-hydrogen) atoms. The molecule has 1 amide bonds. The Morgan fingerprint density at radius 2 is 1.86 bits per heavy atom. The molecule has 0 atom stereocenters. The van der Waals surface area contributed by atoms with Gasteiger partial charge in [-0.1, -0.05) is 24.3 Å². The first kappa shape index (κ1) is 18.8. The van der Waals surface area contributed by atoms with E-state index in [-0.39, 0.29) is 5.91 Å². The summed E-state index contributed by atoms with van der Waals surface area (Å²) in [4.78, 5) is 34.3. The SMILES string of the molecule is CCOC(=O)c1ccc(NC(=O)c2cc(-c3ccccn3)nc3ccccc23)s1. The topological polar surface area (TPSA) is 81.2 Å². The fraction of sp³-hybridized carbons (Fsp3) is 0.0909. The number of amides is 1. The van der Waals surface area contributed by atoms with Crippen molar-refractivity contribution >= 4 is 39.1 Å². The number of hydrogen-bond acceptors (Lipinski definition) is 6. The van der Waals surface area contributed by atoms with Crippen molar-refractivity contribution in [3.8, 4) is 11.4 Å². The van der Waals surface area contributed by atoms with E-state index in [0.29, 0.717) is 39.0 Å². The zero-order chi connectivity index (χ0) is 20.2. The van der Waals surface area contributed by atoms with Gasteiger partial charge in [-0.2, -0.15) is 0 Å². The Kier molecular flexibility index (Phi) is 5.31. The second-order valence-electron chi connectivity index (χ2n) is 6.13. The minimum atomic E-state index is -0.398. The number of hydrogen-bond donors (Lipinski definition) is 1. The van der Waals surface area contributed by atoms with E-state index >= 15 is 0 Å². The molecule has 1 N–H and O–H groups in total. The number of thiophene rings is 1. The number of ether oxygens (including phenoxy) is 1. The highest BCUT2D eigenvalue weighted by atomic mass is 32.1. The molecule has 144 valence electrons. The number of esters is 1. The van der Waals surface area contributed by atoms with Crippen LogP contribution in [0.3, 0.4) is 0 Å². The van der Waals surface area contributed by atoms with Crippen molar-refractivity contribution in [1.82, 2.24) is 9.97 Å². The molecular weight excluding hydrogens is 386 g/mol. The first-order valence-electron chi connectivity index (χ1n) is 9.05. The van der Waals surface area contributed by atoms with Crippen molar-refractivity contribution in [1.29, 1.82) is 0 Å². The Labute approximate surface area is 171 Å². The Balaban J connectivity index is 1.69. The largest absolute Gasteiger partial charge is 0.462 e. The summed E-state index contributed by atoms with van der Waals surface area (Å²) in [6.45, 7) is 2.06. The number of benzene rings is 1. The molecule has 0 unspecified atom stereocenters. The highest BCUT2D eigenvalue weighted by Gasteiger charge is 2.16. The lowest BCUT2D eigenvalue weighted by Crippen LogP contribution is -2.12. The third-order valence-corrected chi connectivity index (χ3v) is 5.19. The number of aromatic nitrogens is 2. The van der Waals surface area contributed by atoms with Gasteiger partial charge in [0.05, 0.1) is 34.1 Å². The fourth-order valence-corrected chi connectivity index (χ4v) is 3.70. The predicted octanol–water partition coefficient (Wildman–Crippen LogP) is 4.79. The van der Waals surface area contributed by atoms with E-state index < -0.39 is 5.97 Å². The van der Waals surface area contributed by atoms with E-state index in [1.54, 1.807) is 31.3 Å². The van der Waals surface area contributed by atoms with Gasteiger partial charge in [-0.3, -0.25) is 9.78 Å². The molecule has 3 heterocycles. The minimum Gasteiger partial charge on any atom is -0.462 e. The average Bonchev–Trinajstić information content (AvgIpc) is 3.22. The lowest BCUT2D eigenvalue weighted by atomic mass is 10.1. The molecule has 0 aliphatic carbocycles. The number of pyridine rings is 2. The van der Waals surface area contributed by atoms with Gasteiger partial charge in [-0.15, -0.1) is 11.3 Å². The Bertz CT molecular complexity index is 1190. The Hall–Kier alpha value is -3.58. The number of nitrogens with one attached hydrogen (secondary N) is 1. The molecule has 0 saturated carbocycles. The second kappa shape index (κ2) is 8.20. The van der Waals surface area contributed by atoms with Crippen LogP contribution in [0.2, 0.25) is 0 Å². The van der Waals surface area contributed by atoms with E-state index in [0.717, 1.165) is 5.39 Å². The van der Waals surface area contributed by atoms with E-state index in [1.807, 2.05) is 42.5 Å². The summed E-state index contributed by atoms with van der Waals surface area (Å²) in [6.07, 6.45) is 1.69. The maximum absolute atomic E-state index is 13.0. The van der Waals surface area contributed by atoms with Crippen molar-refractivity contribution in [3.63, 3.8) is 0 Å². The van der Waals surface area contributed by atoms with Crippen LogP contribution in [0.5, 0.6) is 0 Å². The third kappa shape index (κ3) is 4.00. The molecule has 0 fully saturated rings. The fourth-order valence-electron chi connectivity index (χ4n) is 2.90. The normalized spacial score (nSPS) is 10.7. The average molecular weight is 403 g/mol. The molecule has 0 aliphatic rings. The van der Waals surface area contributed by atoms with Crippen LogP contribution in [0, 0.1) is 0 Å². The highest BCUT2D eigenvalue weighted by Crippen LogP contribution is 2.27. The first-order chi connectivity index (χ1) is 14.2. The molecule has 4 aromatic rings. The lowest BCUT2D eigenvalue weighted by molar-refractivity contribution is 0.0532. The predicted molar refractivity (Wildman–Crippen MR) is 113 cm³/mol. The Morgan fingerprint density at radius 1 is 1.03 bits per heavy atom. The second-order valence-corrected chi connectivity index (χ2v) is 7.21. The zero-order valence-corrected chi connectivity index (χ0v) is 16.4. The molecule has 7 heteroatoms. The molecular formula is C22H17N3O3S. The van der Waals surface area contributed by atoms with Crippen molar-refractivity contribution in [2.75, 3.05) is 11.9 Å². The number of para-hydroxylation sites is 1. The van der Waals surface area contributed by atoms with Gasteiger partial charge in [0, 0.05) is 11.6 Å². The highest BCUT2D eigenvalue weighted by molar-refractivity contribution is 7.18. The van der Waals surface area contributed by atoms with Gasteiger partial charge in [-0.25, -0.2) is 9.78 Å². The summed E-state index contributed by atoms with van der Waals surface area (Å²) < 4.78 is 5.00. The van der Waals surface area contributed by atoms with Crippen molar-refractivity contribution in [2.45, 2.75) is 6.92 Å². The van der Waals surface area contributed by atoms with Gasteiger partial charge >= 0.3 is 5.97 Å². The number of fused-ring (bicyclic) bond motifs is 1. The van der Waals surface area contributed by atoms with E-state index in [1.165, 1.54) is 11.3 Å². The standard InChI is InChI=1S/C22H17N3O3S/c1-2-28-22(27)19-10-11-20(29-19)25-21(26)15-13-18(17-9-5-6-12-23-17)24-16-8-4-3-7-14(15)16/h3-13H,2H2,1H3,(H,25,26). The van der Waals surface area contributed by atoms with Crippen LogP contribution in [0.1, 0.15) is 27.0 Å². The number of anilines is 1. The summed E-state index contributed by atoms with van der Waals surface area (Å²) in [6, 6.07) is 18.1. The lowest BCUT2D eigenvalue weighted by Gasteiger charge is -2.09. The number of nitrogens with zero attached hydrogens (tertiary/aromatic N) is 2. The summed E-state index contributed by atoms with van der Waals surface area (Å²) in [5, 5.41) is 4.18. The molecule has 0 bridgehead atoms. The van der Waals surface area contributed by atoms with Gasteiger partial charge in [0.2, 0.25) is 0 Å². The molecule has 6 nitrogen and oxygen atoms in total. The summed E-state index contributed by atoms with van der Waals surface area (Å²) >= 11 is 1.18. The van der Waals surface area contributed by atoms with Crippen LogP contribution in [0.4, 0.5) is 5.00 Å². The minimum absolute atomic E-state index is 0.280. The van der Waals surface area contributed by atoms with Crippen LogP contribution in [0.25, 0.3) is 22.3 Å². The molecule has 0 spiro atoms. The Morgan fingerprint density at radius 3 is 2.66 bits per heavy atom. The summed E-state index contributed by atoms with van der Waals surface area (Å²) in [7, 11) is 0. The molecule has 3 aromatic heterocycles. The quantitative estimate of drug-likeness (QED) is 0.485. The maximum Gasteiger partial charge on any atom is 0.348 e. The van der Waals surface area contributed by atoms with Crippen LogP contribution in [0.15, 0.2) is 66.9 Å². The van der Waals surface area contributed by atoms with Crippen molar-refractivity contribution in [2.24, 2.45) is 0 Å². The summed E-state index contributed by atoms with van der Waals surface area (Å²) in [5.74, 6) is -0.678. The van der Waals surface area contributed by atoms with Gasteiger partial charge in [0.25, 0.3) is 5.91 Å². The van der Waals surface area contributed by atoms with Crippen LogP contribution >= 0.6 is 11.3 Å². The zero-order valence-electron chi connectivity index (χ0n) is 15.6. The summed E-state index contributed by atoms with van der Waals surface area (Å²) in [5.41, 5.74) is 2.50. The number of carbonyl (C=O) groups excluding carboxylic acids is 2. The number of carbonyl (C=O) groups is 2. The monoisotopic (exact) mass is 403 g/mol. The third-order valence-electron chi connectivity index (χ3n) is 4.21. The molecule has 0 aliphatic heterocycles. The maximum atomic E-state index is 13.0. The van der Waals surface area contributed by atoms with Crippen LogP contribution in [-0.2, 0) is 4.74 Å². The first-order valence-corrected chi connectivity index (χ1v) is 9.87. The van der Waals surface area contributed by atoms with E-state index in [9.17, 15) is 9.59 Å². The molecule has 0 saturated heterocycles. The van der Waals surface area contributed by atoms with E-state index in [2.05, 4.69) is 15.3 Å². The van der Waals surface area contributed by atoms with Gasteiger partial charge < -0.3 is 10.1 Å². The van der Waals surface area contributed by atoms with Crippen molar-refractivity contribution < 1.29 is 14.3 Å². The van der Waals surface area contributed by atoms with Crippen molar-refractivity contribution in [3.05, 3.63) is 77.3 Å². The van der Waals surface area contributed by atoms with Gasteiger partial charge in [0.15, 0.2) is 0 Å².